The summed E-state index contributed by atoms with van der Waals surface area (Å²) in [5, 5.41) is 9.67. The highest BCUT2D eigenvalue weighted by Gasteiger charge is 2.06. The summed E-state index contributed by atoms with van der Waals surface area (Å²) in [5.74, 6) is -0.507. The number of nitrogens with zero attached hydrogens (tertiary/aromatic N) is 1. The van der Waals surface area contributed by atoms with Gasteiger partial charge in [0.25, 0.3) is 0 Å². The van der Waals surface area contributed by atoms with Gasteiger partial charge in [0.05, 0.1) is 11.1 Å². The molecule has 0 saturated heterocycles. The molecule has 0 heterocycles. The van der Waals surface area contributed by atoms with E-state index in [1.54, 1.807) is 54.6 Å². The molecular formula is C16H10ClNO2. The van der Waals surface area contributed by atoms with Gasteiger partial charge in [-0.2, -0.15) is 5.26 Å². The van der Waals surface area contributed by atoms with Crippen LogP contribution in [0.15, 0.2) is 60.9 Å². The summed E-state index contributed by atoms with van der Waals surface area (Å²) in [6.45, 7) is 0. The molecule has 20 heavy (non-hydrogen) atoms. The number of hydrogen-bond donors (Lipinski definition) is 0. The highest BCUT2D eigenvalue weighted by molar-refractivity contribution is 6.30. The Morgan fingerprint density at radius 2 is 1.70 bits per heavy atom. The van der Waals surface area contributed by atoms with Crippen molar-refractivity contribution >= 4 is 23.1 Å². The average Bonchev–Trinajstić information content (AvgIpc) is 2.50. The van der Waals surface area contributed by atoms with E-state index in [4.69, 9.17) is 21.6 Å². The fraction of sp³-hybridized carbons (Fsp3) is 0. The number of hydrogen-bond acceptors (Lipinski definition) is 3. The summed E-state index contributed by atoms with van der Waals surface area (Å²) < 4.78 is 5.01. The smallest absolute Gasteiger partial charge is 0.342 e. The van der Waals surface area contributed by atoms with Crippen LogP contribution in [0.2, 0.25) is 5.02 Å². The number of esters is 1. The molecule has 0 saturated carbocycles. The first kappa shape index (κ1) is 13.9. The van der Waals surface area contributed by atoms with Gasteiger partial charge in [0, 0.05) is 5.02 Å². The van der Waals surface area contributed by atoms with E-state index in [2.05, 4.69) is 0 Å². The monoisotopic (exact) mass is 283 g/mol. The molecule has 3 nitrogen and oxygen atoms in total. The minimum absolute atomic E-state index is 0.256. The van der Waals surface area contributed by atoms with E-state index in [0.29, 0.717) is 16.1 Å². The Bertz CT molecular complexity index is 670. The fourth-order valence-electron chi connectivity index (χ4n) is 1.54. The number of rotatable bonds is 3. The molecule has 0 amide bonds. The van der Waals surface area contributed by atoms with E-state index in [-0.39, 0.29) is 5.57 Å². The maximum atomic E-state index is 11.8. The molecule has 0 aliphatic carbocycles. The quantitative estimate of drug-likeness (QED) is 0.485. The molecule has 0 aromatic heterocycles. The lowest BCUT2D eigenvalue weighted by Crippen LogP contribution is -2.00. The zero-order valence-corrected chi connectivity index (χ0v) is 11.2. The summed E-state index contributed by atoms with van der Waals surface area (Å²) in [4.78, 5) is 11.8. The second-order valence-electron chi connectivity index (χ2n) is 3.92. The van der Waals surface area contributed by atoms with E-state index < -0.39 is 5.97 Å². The Morgan fingerprint density at radius 3 is 2.30 bits per heavy atom. The maximum Gasteiger partial charge on any atom is 0.342 e. The zero-order chi connectivity index (χ0) is 14.4. The van der Waals surface area contributed by atoms with Crippen LogP contribution in [0, 0.1) is 11.3 Å². The SMILES string of the molecule is N#C/C(=C\OC(=O)c1ccccc1)c1ccc(Cl)cc1. The van der Waals surface area contributed by atoms with Crippen molar-refractivity contribution in [1.29, 1.82) is 5.26 Å². The van der Waals surface area contributed by atoms with Gasteiger partial charge in [-0.1, -0.05) is 41.9 Å². The van der Waals surface area contributed by atoms with Crippen LogP contribution in [0.4, 0.5) is 0 Å². The Balaban J connectivity index is 2.15. The van der Waals surface area contributed by atoms with Crippen LogP contribution in [-0.4, -0.2) is 5.97 Å². The molecule has 0 bridgehead atoms. The fourth-order valence-corrected chi connectivity index (χ4v) is 1.67. The first-order chi connectivity index (χ1) is 9.70. The topological polar surface area (TPSA) is 50.1 Å². The summed E-state index contributed by atoms with van der Waals surface area (Å²) >= 11 is 5.78. The highest BCUT2D eigenvalue weighted by atomic mass is 35.5. The van der Waals surface area contributed by atoms with Gasteiger partial charge < -0.3 is 4.74 Å². The number of allylic oxidation sites excluding steroid dienone is 1. The molecule has 2 aromatic carbocycles. The summed E-state index contributed by atoms with van der Waals surface area (Å²) in [5.41, 5.74) is 1.32. The molecule has 98 valence electrons. The molecule has 0 aliphatic heterocycles. The lowest BCUT2D eigenvalue weighted by Gasteiger charge is -2.01. The molecule has 0 aliphatic rings. The number of ether oxygens (including phenoxy) is 1. The van der Waals surface area contributed by atoms with Crippen molar-refractivity contribution in [2.24, 2.45) is 0 Å². The molecule has 0 radical (unpaired) electrons. The molecule has 0 spiro atoms. The third-order valence-corrected chi connectivity index (χ3v) is 2.82. The van der Waals surface area contributed by atoms with E-state index >= 15 is 0 Å². The normalized spacial score (nSPS) is 10.7. The van der Waals surface area contributed by atoms with Gasteiger partial charge in [-0.15, -0.1) is 0 Å². The van der Waals surface area contributed by atoms with Crippen LogP contribution < -0.4 is 0 Å². The van der Waals surface area contributed by atoms with E-state index in [1.165, 1.54) is 0 Å². The Morgan fingerprint density at radius 1 is 1.05 bits per heavy atom. The number of benzene rings is 2. The molecule has 0 atom stereocenters. The first-order valence-electron chi connectivity index (χ1n) is 5.83. The Labute approximate surface area is 121 Å². The van der Waals surface area contributed by atoms with E-state index in [0.717, 1.165) is 6.26 Å². The average molecular weight is 284 g/mol. The van der Waals surface area contributed by atoms with Gasteiger partial charge >= 0.3 is 5.97 Å². The third kappa shape index (κ3) is 3.47. The minimum Gasteiger partial charge on any atom is -0.429 e. The van der Waals surface area contributed by atoms with Gasteiger partial charge in [-0.3, -0.25) is 0 Å². The van der Waals surface area contributed by atoms with Crippen molar-refractivity contribution in [3.63, 3.8) is 0 Å². The minimum atomic E-state index is -0.507. The van der Waals surface area contributed by atoms with Crippen LogP contribution in [0.5, 0.6) is 0 Å². The summed E-state index contributed by atoms with van der Waals surface area (Å²) in [7, 11) is 0. The predicted molar refractivity (Wildman–Crippen MR) is 76.9 cm³/mol. The van der Waals surface area contributed by atoms with Crippen LogP contribution in [0.25, 0.3) is 5.57 Å². The van der Waals surface area contributed by atoms with Crippen molar-refractivity contribution < 1.29 is 9.53 Å². The molecule has 0 fully saturated rings. The van der Waals surface area contributed by atoms with Crippen molar-refractivity contribution in [3.8, 4) is 6.07 Å². The largest absolute Gasteiger partial charge is 0.429 e. The number of carbonyl (C=O) groups excluding carboxylic acids is 1. The van der Waals surface area contributed by atoms with Gasteiger partial charge in [-0.05, 0) is 29.8 Å². The van der Waals surface area contributed by atoms with Crippen LogP contribution in [0.3, 0.4) is 0 Å². The lowest BCUT2D eigenvalue weighted by molar-refractivity contribution is 0.0664. The molecule has 0 N–H and O–H groups in total. The summed E-state index contributed by atoms with van der Waals surface area (Å²) in [6, 6.07) is 17.3. The second-order valence-corrected chi connectivity index (χ2v) is 4.36. The maximum absolute atomic E-state index is 11.8. The van der Waals surface area contributed by atoms with E-state index in [9.17, 15) is 4.79 Å². The number of halogens is 1. The standard InChI is InChI=1S/C16H10ClNO2/c17-15-8-6-12(7-9-15)14(10-18)11-20-16(19)13-4-2-1-3-5-13/h1-9,11H/b14-11+. The molecule has 2 rings (SSSR count). The first-order valence-corrected chi connectivity index (χ1v) is 6.21. The molecular weight excluding hydrogens is 274 g/mol. The molecule has 4 heteroatoms. The van der Waals surface area contributed by atoms with Crippen LogP contribution in [0.1, 0.15) is 15.9 Å². The Hall–Kier alpha value is -2.57. The predicted octanol–water partition coefficient (Wildman–Crippen LogP) is 4.06. The van der Waals surface area contributed by atoms with Gasteiger partial charge in [0.1, 0.15) is 12.3 Å². The van der Waals surface area contributed by atoms with Crippen molar-refractivity contribution in [2.45, 2.75) is 0 Å². The van der Waals surface area contributed by atoms with Crippen LogP contribution >= 0.6 is 11.6 Å². The van der Waals surface area contributed by atoms with E-state index in [1.807, 2.05) is 6.07 Å². The van der Waals surface area contributed by atoms with Gasteiger partial charge in [0.15, 0.2) is 0 Å². The van der Waals surface area contributed by atoms with Crippen LogP contribution in [-0.2, 0) is 4.74 Å². The van der Waals surface area contributed by atoms with Gasteiger partial charge in [0.2, 0.25) is 0 Å². The zero-order valence-electron chi connectivity index (χ0n) is 10.4. The number of nitriles is 1. The van der Waals surface area contributed by atoms with Crippen molar-refractivity contribution in [2.75, 3.05) is 0 Å². The second kappa shape index (κ2) is 6.55. The van der Waals surface area contributed by atoms with Gasteiger partial charge in [-0.25, -0.2) is 4.79 Å². The highest BCUT2D eigenvalue weighted by Crippen LogP contribution is 2.17. The molecule has 0 unspecified atom stereocenters. The lowest BCUT2D eigenvalue weighted by atomic mass is 10.1. The summed E-state index contributed by atoms with van der Waals surface area (Å²) in [6.07, 6.45) is 1.15. The number of carbonyl (C=O) groups is 1. The molecule has 2 aromatic rings. The third-order valence-electron chi connectivity index (χ3n) is 2.57. The Kier molecular flexibility index (Phi) is 4.54. The van der Waals surface area contributed by atoms with Crippen molar-refractivity contribution in [1.82, 2.24) is 0 Å². The van der Waals surface area contributed by atoms with Crippen molar-refractivity contribution in [3.05, 3.63) is 77.0 Å².